The largest absolute Gasteiger partial charge is 0.456 e. The van der Waals surface area contributed by atoms with E-state index in [1.54, 1.807) is 12.1 Å². The summed E-state index contributed by atoms with van der Waals surface area (Å²) < 4.78 is 5.47. The fourth-order valence-electron chi connectivity index (χ4n) is 2.06. The average molecular weight is 324 g/mol. The second kappa shape index (κ2) is 5.70. The number of hydrogen-bond acceptors (Lipinski definition) is 4. The van der Waals surface area contributed by atoms with Crippen molar-refractivity contribution in [3.63, 3.8) is 0 Å². The molecule has 21 heavy (non-hydrogen) atoms. The fraction of sp³-hybridized carbons (Fsp3) is 0.312. The number of benzene rings is 1. The van der Waals surface area contributed by atoms with E-state index in [0.717, 1.165) is 16.0 Å². The maximum absolute atomic E-state index is 12.4. The number of rotatable bonds is 2. The Balaban J connectivity index is 2.52. The van der Waals surface area contributed by atoms with Crippen molar-refractivity contribution in [2.24, 2.45) is 0 Å². The molecule has 0 saturated heterocycles. The third-order valence-electron chi connectivity index (χ3n) is 2.85. The lowest BCUT2D eigenvalue weighted by atomic mass is 10.0. The lowest BCUT2D eigenvalue weighted by Crippen LogP contribution is -2.24. The molecule has 0 spiro atoms. The predicted octanol–water partition coefficient (Wildman–Crippen LogP) is 4.91. The number of anilines is 1. The van der Waals surface area contributed by atoms with Crippen molar-refractivity contribution < 1.29 is 9.53 Å². The molecular formula is C16H18ClNO2S. The van der Waals surface area contributed by atoms with Gasteiger partial charge in [-0.2, -0.15) is 0 Å². The summed E-state index contributed by atoms with van der Waals surface area (Å²) in [5.74, 6) is -0.394. The second-order valence-electron chi connectivity index (χ2n) is 5.78. The van der Waals surface area contributed by atoms with Crippen LogP contribution in [0.4, 0.5) is 5.00 Å². The molecule has 3 nitrogen and oxygen atoms in total. The Morgan fingerprint density at radius 1 is 1.24 bits per heavy atom. The molecule has 0 aliphatic carbocycles. The predicted molar refractivity (Wildman–Crippen MR) is 89.1 cm³/mol. The number of halogens is 1. The van der Waals surface area contributed by atoms with Crippen molar-refractivity contribution in [1.82, 2.24) is 0 Å². The molecule has 0 saturated carbocycles. The molecule has 1 aromatic heterocycles. The van der Waals surface area contributed by atoms with Crippen LogP contribution in [0.25, 0.3) is 11.1 Å². The van der Waals surface area contributed by atoms with E-state index in [0.29, 0.717) is 15.6 Å². The van der Waals surface area contributed by atoms with Crippen molar-refractivity contribution in [2.45, 2.75) is 33.3 Å². The molecule has 5 heteroatoms. The molecule has 0 amide bonds. The summed E-state index contributed by atoms with van der Waals surface area (Å²) in [6.45, 7) is 7.45. The zero-order valence-electron chi connectivity index (χ0n) is 12.5. The van der Waals surface area contributed by atoms with Gasteiger partial charge in [0.1, 0.15) is 16.2 Å². The van der Waals surface area contributed by atoms with Gasteiger partial charge in [-0.1, -0.05) is 23.7 Å². The minimum Gasteiger partial charge on any atom is -0.456 e. The summed E-state index contributed by atoms with van der Waals surface area (Å²) in [6.07, 6.45) is 0. The first-order chi connectivity index (χ1) is 9.69. The molecular weight excluding hydrogens is 306 g/mol. The lowest BCUT2D eigenvalue weighted by Gasteiger charge is -2.20. The smallest absolute Gasteiger partial charge is 0.342 e. The Bertz CT molecular complexity index is 669. The van der Waals surface area contributed by atoms with Crippen LogP contribution in [-0.2, 0) is 4.74 Å². The maximum atomic E-state index is 12.4. The Kier molecular flexibility index (Phi) is 4.30. The van der Waals surface area contributed by atoms with Crippen LogP contribution in [0.15, 0.2) is 24.3 Å². The quantitative estimate of drug-likeness (QED) is 0.798. The van der Waals surface area contributed by atoms with Crippen molar-refractivity contribution in [3.05, 3.63) is 39.7 Å². The molecule has 0 radical (unpaired) electrons. The molecule has 2 rings (SSSR count). The number of carbonyl (C=O) groups is 1. The second-order valence-corrected chi connectivity index (χ2v) is 7.47. The molecule has 0 atom stereocenters. The minimum absolute atomic E-state index is 0.394. The number of thiophene rings is 1. The molecule has 2 aromatic rings. The van der Waals surface area contributed by atoms with Crippen molar-refractivity contribution in [3.8, 4) is 11.1 Å². The summed E-state index contributed by atoms with van der Waals surface area (Å²) in [7, 11) is 0. The van der Waals surface area contributed by atoms with Crippen LogP contribution in [-0.4, -0.2) is 11.6 Å². The van der Waals surface area contributed by atoms with Crippen LogP contribution in [0.2, 0.25) is 5.02 Å². The van der Waals surface area contributed by atoms with Gasteiger partial charge in [-0.3, -0.25) is 0 Å². The topological polar surface area (TPSA) is 52.3 Å². The third-order valence-corrected chi connectivity index (χ3v) is 4.03. The first-order valence-electron chi connectivity index (χ1n) is 6.57. The van der Waals surface area contributed by atoms with Gasteiger partial charge >= 0.3 is 5.97 Å². The first kappa shape index (κ1) is 15.9. The van der Waals surface area contributed by atoms with Gasteiger partial charge in [0, 0.05) is 15.5 Å². The van der Waals surface area contributed by atoms with E-state index in [-0.39, 0.29) is 0 Å². The van der Waals surface area contributed by atoms with Crippen LogP contribution in [0.5, 0.6) is 0 Å². The number of nitrogen functional groups attached to an aromatic ring is 1. The highest BCUT2D eigenvalue weighted by Crippen LogP contribution is 2.39. The molecule has 2 N–H and O–H groups in total. The monoisotopic (exact) mass is 323 g/mol. The number of esters is 1. The van der Waals surface area contributed by atoms with Crippen LogP contribution < -0.4 is 5.73 Å². The van der Waals surface area contributed by atoms with Crippen LogP contribution in [0.1, 0.15) is 36.0 Å². The standard InChI is InChI=1S/C16H18ClNO2S/c1-9-12(10-5-7-11(17)8-6-10)13(14(18)21-9)15(19)20-16(2,3)4/h5-8H,18H2,1-4H3. The summed E-state index contributed by atoms with van der Waals surface area (Å²) in [5.41, 5.74) is 7.63. The number of ether oxygens (including phenoxy) is 1. The summed E-state index contributed by atoms with van der Waals surface area (Å²) in [6, 6.07) is 7.35. The molecule has 0 fully saturated rings. The number of aryl methyl sites for hydroxylation is 1. The maximum Gasteiger partial charge on any atom is 0.342 e. The first-order valence-corrected chi connectivity index (χ1v) is 7.76. The molecule has 1 heterocycles. The van der Waals surface area contributed by atoms with Gasteiger partial charge in [0.05, 0.1) is 0 Å². The Morgan fingerprint density at radius 2 is 1.81 bits per heavy atom. The normalized spacial score (nSPS) is 11.5. The molecule has 0 bridgehead atoms. The highest BCUT2D eigenvalue weighted by atomic mass is 35.5. The van der Waals surface area contributed by atoms with E-state index < -0.39 is 11.6 Å². The van der Waals surface area contributed by atoms with Gasteiger partial charge in [-0.15, -0.1) is 11.3 Å². The van der Waals surface area contributed by atoms with Crippen molar-refractivity contribution >= 4 is 33.9 Å². The van der Waals surface area contributed by atoms with E-state index in [1.807, 2.05) is 39.8 Å². The highest BCUT2D eigenvalue weighted by molar-refractivity contribution is 7.16. The Morgan fingerprint density at radius 3 is 2.33 bits per heavy atom. The van der Waals surface area contributed by atoms with Gasteiger partial charge in [0.2, 0.25) is 0 Å². The fourth-order valence-corrected chi connectivity index (χ4v) is 3.13. The molecule has 0 aliphatic rings. The van der Waals surface area contributed by atoms with Crippen molar-refractivity contribution in [2.75, 3.05) is 5.73 Å². The van der Waals surface area contributed by atoms with Crippen LogP contribution in [0.3, 0.4) is 0 Å². The number of carbonyl (C=O) groups excluding carboxylic acids is 1. The lowest BCUT2D eigenvalue weighted by molar-refractivity contribution is 0.00721. The Labute approximate surface area is 133 Å². The van der Waals surface area contributed by atoms with Crippen LogP contribution >= 0.6 is 22.9 Å². The molecule has 112 valence electrons. The van der Waals surface area contributed by atoms with Gasteiger partial charge < -0.3 is 10.5 Å². The molecule has 0 unspecified atom stereocenters. The summed E-state index contributed by atoms with van der Waals surface area (Å²) in [5, 5.41) is 1.13. The van der Waals surface area contributed by atoms with Gasteiger partial charge in [-0.25, -0.2) is 4.79 Å². The number of hydrogen-bond donors (Lipinski definition) is 1. The van der Waals surface area contributed by atoms with E-state index >= 15 is 0 Å². The van der Waals surface area contributed by atoms with Crippen molar-refractivity contribution in [1.29, 1.82) is 0 Å². The summed E-state index contributed by atoms with van der Waals surface area (Å²) in [4.78, 5) is 13.4. The van der Waals surface area contributed by atoms with Gasteiger partial charge in [-0.05, 0) is 45.4 Å². The van der Waals surface area contributed by atoms with E-state index in [2.05, 4.69) is 0 Å². The van der Waals surface area contributed by atoms with E-state index in [1.165, 1.54) is 11.3 Å². The SMILES string of the molecule is Cc1sc(N)c(C(=O)OC(C)(C)C)c1-c1ccc(Cl)cc1. The molecule has 0 aliphatic heterocycles. The minimum atomic E-state index is -0.559. The summed E-state index contributed by atoms with van der Waals surface area (Å²) >= 11 is 7.31. The number of nitrogens with two attached hydrogens (primary N) is 1. The van der Waals surface area contributed by atoms with Gasteiger partial charge in [0.15, 0.2) is 0 Å². The average Bonchev–Trinajstić information content (AvgIpc) is 2.63. The van der Waals surface area contributed by atoms with Crippen LogP contribution in [0, 0.1) is 6.92 Å². The molecule has 1 aromatic carbocycles. The zero-order valence-corrected chi connectivity index (χ0v) is 14.1. The Hall–Kier alpha value is -1.52. The van der Waals surface area contributed by atoms with E-state index in [4.69, 9.17) is 22.1 Å². The third kappa shape index (κ3) is 3.57. The van der Waals surface area contributed by atoms with Gasteiger partial charge in [0.25, 0.3) is 0 Å². The highest BCUT2D eigenvalue weighted by Gasteiger charge is 2.26. The zero-order chi connectivity index (χ0) is 15.8. The van der Waals surface area contributed by atoms with E-state index in [9.17, 15) is 4.79 Å².